The van der Waals surface area contributed by atoms with Gasteiger partial charge in [0.05, 0.1) is 18.2 Å². The largest absolute Gasteiger partial charge is 0.435 e. The van der Waals surface area contributed by atoms with E-state index in [1.165, 1.54) is 24.3 Å². The van der Waals surface area contributed by atoms with Crippen molar-refractivity contribution in [3.63, 3.8) is 0 Å². The molecule has 5 nitrogen and oxygen atoms in total. The fourth-order valence-electron chi connectivity index (χ4n) is 2.24. The molecular formula is C18H16F4N2O3. The molecule has 144 valence electrons. The second kappa shape index (κ2) is 9.02. The van der Waals surface area contributed by atoms with Crippen molar-refractivity contribution in [1.82, 2.24) is 10.6 Å². The van der Waals surface area contributed by atoms with Gasteiger partial charge in [-0.25, -0.2) is 8.78 Å². The van der Waals surface area contributed by atoms with Crippen LogP contribution in [0.4, 0.5) is 17.6 Å². The number of rotatable bonds is 7. The van der Waals surface area contributed by atoms with Crippen LogP contribution in [0, 0.1) is 11.6 Å². The zero-order valence-corrected chi connectivity index (χ0v) is 14.1. The Kier molecular flexibility index (Phi) is 6.75. The SMILES string of the molecule is CC(NC(=O)CNC(=O)c1ccc(F)cc1F)c1ccc(OC(F)F)cc1. The predicted molar refractivity (Wildman–Crippen MR) is 88.3 cm³/mol. The van der Waals surface area contributed by atoms with Gasteiger partial charge in [0.1, 0.15) is 17.4 Å². The lowest BCUT2D eigenvalue weighted by molar-refractivity contribution is -0.120. The number of alkyl halides is 2. The van der Waals surface area contributed by atoms with Crippen molar-refractivity contribution in [2.45, 2.75) is 19.6 Å². The van der Waals surface area contributed by atoms with E-state index >= 15 is 0 Å². The summed E-state index contributed by atoms with van der Waals surface area (Å²) in [6, 6.07) is 7.69. The molecule has 1 atom stereocenters. The van der Waals surface area contributed by atoms with E-state index < -0.39 is 42.6 Å². The molecule has 0 aliphatic carbocycles. The first kappa shape index (κ1) is 20.2. The zero-order valence-electron chi connectivity index (χ0n) is 14.1. The molecule has 0 radical (unpaired) electrons. The second-order valence-electron chi connectivity index (χ2n) is 5.54. The maximum Gasteiger partial charge on any atom is 0.387 e. The van der Waals surface area contributed by atoms with Gasteiger partial charge in [0.2, 0.25) is 5.91 Å². The van der Waals surface area contributed by atoms with Gasteiger partial charge >= 0.3 is 6.61 Å². The van der Waals surface area contributed by atoms with Crippen LogP contribution in [0.5, 0.6) is 5.75 Å². The Morgan fingerprint density at radius 1 is 1.07 bits per heavy atom. The van der Waals surface area contributed by atoms with Gasteiger partial charge in [-0.2, -0.15) is 8.78 Å². The van der Waals surface area contributed by atoms with Crippen LogP contribution in [-0.2, 0) is 4.79 Å². The van der Waals surface area contributed by atoms with E-state index in [0.29, 0.717) is 11.6 Å². The Hall–Kier alpha value is -3.10. The minimum absolute atomic E-state index is 0.0131. The van der Waals surface area contributed by atoms with Crippen LogP contribution in [0.3, 0.4) is 0 Å². The van der Waals surface area contributed by atoms with E-state index in [9.17, 15) is 27.2 Å². The fraction of sp³-hybridized carbons (Fsp3) is 0.222. The molecule has 27 heavy (non-hydrogen) atoms. The average Bonchev–Trinajstić information content (AvgIpc) is 2.59. The first-order valence-electron chi connectivity index (χ1n) is 7.83. The molecular weight excluding hydrogens is 368 g/mol. The molecule has 2 rings (SSSR count). The summed E-state index contributed by atoms with van der Waals surface area (Å²) in [5.41, 5.74) is 0.243. The number of benzene rings is 2. The van der Waals surface area contributed by atoms with Gasteiger partial charge in [-0.1, -0.05) is 12.1 Å². The summed E-state index contributed by atoms with van der Waals surface area (Å²) in [6.45, 7) is -1.70. The number of halogens is 4. The lowest BCUT2D eigenvalue weighted by Crippen LogP contribution is -2.38. The quantitative estimate of drug-likeness (QED) is 0.721. The molecule has 0 aromatic heterocycles. The first-order valence-corrected chi connectivity index (χ1v) is 7.83. The number of carbonyl (C=O) groups is 2. The Labute approximate surface area is 152 Å². The Morgan fingerprint density at radius 2 is 1.74 bits per heavy atom. The van der Waals surface area contributed by atoms with Crippen LogP contribution in [0.1, 0.15) is 28.9 Å². The normalized spacial score (nSPS) is 11.8. The van der Waals surface area contributed by atoms with E-state index in [4.69, 9.17) is 0 Å². The third kappa shape index (κ3) is 5.98. The van der Waals surface area contributed by atoms with Crippen LogP contribution in [0.2, 0.25) is 0 Å². The summed E-state index contributed by atoms with van der Waals surface area (Å²) in [7, 11) is 0. The molecule has 0 bridgehead atoms. The van der Waals surface area contributed by atoms with Crippen LogP contribution in [0.25, 0.3) is 0 Å². The van der Waals surface area contributed by atoms with Gasteiger partial charge in [0.25, 0.3) is 5.91 Å². The standard InChI is InChI=1S/C18H16F4N2O3/c1-10(11-2-5-13(6-3-11)27-18(21)22)24-16(25)9-23-17(26)14-7-4-12(19)8-15(14)20/h2-8,10,18H,9H2,1H3,(H,23,26)(H,24,25). The maximum atomic E-state index is 13.5. The third-order valence-corrected chi connectivity index (χ3v) is 3.57. The lowest BCUT2D eigenvalue weighted by atomic mass is 10.1. The highest BCUT2D eigenvalue weighted by atomic mass is 19.3. The topological polar surface area (TPSA) is 67.4 Å². The van der Waals surface area contributed by atoms with Crippen molar-refractivity contribution in [1.29, 1.82) is 0 Å². The number of hydrogen-bond donors (Lipinski definition) is 2. The van der Waals surface area contributed by atoms with Crippen molar-refractivity contribution >= 4 is 11.8 Å². The molecule has 9 heteroatoms. The monoisotopic (exact) mass is 384 g/mol. The van der Waals surface area contributed by atoms with Gasteiger partial charge in [-0.05, 0) is 36.8 Å². The maximum absolute atomic E-state index is 13.5. The van der Waals surface area contributed by atoms with Crippen LogP contribution in [0.15, 0.2) is 42.5 Å². The molecule has 2 amide bonds. The Morgan fingerprint density at radius 3 is 2.33 bits per heavy atom. The molecule has 2 N–H and O–H groups in total. The minimum atomic E-state index is -2.93. The van der Waals surface area contributed by atoms with Crippen LogP contribution in [-0.4, -0.2) is 25.0 Å². The van der Waals surface area contributed by atoms with Gasteiger partial charge < -0.3 is 15.4 Å². The smallest absolute Gasteiger partial charge is 0.387 e. The third-order valence-electron chi connectivity index (χ3n) is 3.57. The van der Waals surface area contributed by atoms with E-state index in [1.54, 1.807) is 6.92 Å². The first-order chi connectivity index (χ1) is 12.8. The Bertz CT molecular complexity index is 813. The number of ether oxygens (including phenoxy) is 1. The van der Waals surface area contributed by atoms with Crippen LogP contribution >= 0.6 is 0 Å². The molecule has 0 heterocycles. The van der Waals surface area contributed by atoms with Crippen molar-refractivity contribution in [2.24, 2.45) is 0 Å². The van der Waals surface area contributed by atoms with Crippen molar-refractivity contribution < 1.29 is 31.9 Å². The average molecular weight is 384 g/mol. The second-order valence-corrected chi connectivity index (χ2v) is 5.54. The molecule has 0 spiro atoms. The molecule has 0 saturated carbocycles. The fourth-order valence-corrected chi connectivity index (χ4v) is 2.24. The number of carbonyl (C=O) groups excluding carboxylic acids is 2. The van der Waals surface area contributed by atoms with Gasteiger partial charge in [-0.15, -0.1) is 0 Å². The van der Waals surface area contributed by atoms with E-state index in [2.05, 4.69) is 15.4 Å². The van der Waals surface area contributed by atoms with E-state index in [-0.39, 0.29) is 11.3 Å². The zero-order chi connectivity index (χ0) is 20.0. The lowest BCUT2D eigenvalue weighted by Gasteiger charge is -2.15. The predicted octanol–water partition coefficient (Wildman–Crippen LogP) is 3.17. The van der Waals surface area contributed by atoms with Crippen molar-refractivity contribution in [2.75, 3.05) is 6.54 Å². The summed E-state index contributed by atoms with van der Waals surface area (Å²) >= 11 is 0. The van der Waals surface area contributed by atoms with Gasteiger partial charge in [-0.3, -0.25) is 9.59 Å². The number of amides is 2. The van der Waals surface area contributed by atoms with Crippen molar-refractivity contribution in [3.05, 3.63) is 65.2 Å². The highest BCUT2D eigenvalue weighted by Gasteiger charge is 2.15. The van der Waals surface area contributed by atoms with Gasteiger partial charge in [0, 0.05) is 6.07 Å². The molecule has 0 aliphatic rings. The minimum Gasteiger partial charge on any atom is -0.435 e. The number of hydrogen-bond acceptors (Lipinski definition) is 3. The van der Waals surface area contributed by atoms with Gasteiger partial charge in [0.15, 0.2) is 0 Å². The molecule has 0 fully saturated rings. The van der Waals surface area contributed by atoms with Crippen LogP contribution < -0.4 is 15.4 Å². The summed E-state index contributed by atoms with van der Waals surface area (Å²) in [5, 5.41) is 4.82. The van der Waals surface area contributed by atoms with Crippen molar-refractivity contribution in [3.8, 4) is 5.75 Å². The molecule has 0 aliphatic heterocycles. The summed E-state index contributed by atoms with van der Waals surface area (Å²) in [5.74, 6) is -3.27. The summed E-state index contributed by atoms with van der Waals surface area (Å²) < 4.78 is 54.8. The molecule has 2 aromatic rings. The molecule has 2 aromatic carbocycles. The number of nitrogens with one attached hydrogen (secondary N) is 2. The summed E-state index contributed by atoms with van der Waals surface area (Å²) in [6.07, 6.45) is 0. The highest BCUT2D eigenvalue weighted by molar-refractivity contribution is 5.96. The molecule has 1 unspecified atom stereocenters. The van der Waals surface area contributed by atoms with E-state index in [0.717, 1.165) is 12.1 Å². The summed E-state index contributed by atoms with van der Waals surface area (Å²) in [4.78, 5) is 23.7. The highest BCUT2D eigenvalue weighted by Crippen LogP contribution is 2.19. The Balaban J connectivity index is 1.86. The van der Waals surface area contributed by atoms with E-state index in [1.807, 2.05) is 0 Å². The molecule has 0 saturated heterocycles.